The fourth-order valence-electron chi connectivity index (χ4n) is 3.01. The average molecular weight is 510 g/mol. The first kappa shape index (κ1) is 30.7. The lowest BCUT2D eigenvalue weighted by molar-refractivity contribution is -0.368. The third kappa shape index (κ3) is 7.37. The molecule has 0 aliphatic heterocycles. The number of rotatable bonds is 12. The maximum absolute atomic E-state index is 12.9. The zero-order valence-corrected chi connectivity index (χ0v) is 16.6. The van der Waals surface area contributed by atoms with E-state index in [2.05, 4.69) is 9.47 Å². The highest BCUT2D eigenvalue weighted by Crippen LogP contribution is 2.50. The van der Waals surface area contributed by atoms with Crippen LogP contribution in [0.5, 0.6) is 0 Å². The molecule has 0 unspecified atom stereocenters. The first-order chi connectivity index (χ1) is 14.8. The normalized spacial score (nSPS) is 13.9. The fourth-order valence-corrected chi connectivity index (χ4v) is 3.01. The largest absolute Gasteiger partial charge is 0.438 e. The Kier molecular flexibility index (Phi) is 10.5. The fraction of sp³-hybridized carbons (Fsp3) is 0.882. The van der Waals surface area contributed by atoms with Crippen LogP contribution in [-0.4, -0.2) is 35.9 Å². The van der Waals surface area contributed by atoms with Crippen molar-refractivity contribution in [2.24, 2.45) is 0 Å². The Bertz CT molecular complexity index is 597. The number of unbranched alkanes of at least 4 members (excludes halogenated alkanes) is 6. The molecule has 0 saturated heterocycles. The van der Waals surface area contributed by atoms with Crippen molar-refractivity contribution in [2.75, 3.05) is 0 Å². The highest BCUT2D eigenvalue weighted by Gasteiger charge is 2.74. The topological polar surface area (TPSA) is 66.0 Å². The molecule has 0 aliphatic rings. The van der Waals surface area contributed by atoms with Gasteiger partial charge in [0.25, 0.3) is 12.5 Å². The van der Waals surface area contributed by atoms with E-state index in [1.54, 1.807) is 0 Å². The maximum atomic E-state index is 12.9. The molecule has 0 rings (SSSR count). The molecule has 0 aromatic rings. The van der Waals surface area contributed by atoms with Crippen molar-refractivity contribution in [3.8, 4) is 12.5 Å². The molecule has 0 N–H and O–H groups in total. The second kappa shape index (κ2) is 11.2. The van der Waals surface area contributed by atoms with Gasteiger partial charge < -0.3 is 9.47 Å². The lowest BCUT2D eigenvalue weighted by atomic mass is 9.92. The summed E-state index contributed by atoms with van der Waals surface area (Å²) >= 11 is 0. The second-order valence-electron chi connectivity index (χ2n) is 7.01. The quantitative estimate of drug-likeness (QED) is 0.158. The number of halogens is 12. The predicted molar refractivity (Wildman–Crippen MR) is 84.6 cm³/mol. The molecule has 0 bridgehead atoms. The van der Waals surface area contributed by atoms with E-state index in [1.807, 2.05) is 0 Å². The Balaban J connectivity index is 4.68. The van der Waals surface area contributed by atoms with Gasteiger partial charge in [-0.3, -0.25) is 0 Å². The van der Waals surface area contributed by atoms with Gasteiger partial charge in [-0.15, -0.1) is 0 Å². The van der Waals surface area contributed by atoms with Gasteiger partial charge in [0.1, 0.15) is 0 Å². The van der Waals surface area contributed by atoms with Gasteiger partial charge in [0.05, 0.1) is 0 Å². The molecule has 0 spiro atoms. The first-order valence-electron chi connectivity index (χ1n) is 9.24. The molecule has 16 heteroatoms. The molecule has 0 saturated carbocycles. The van der Waals surface area contributed by atoms with E-state index >= 15 is 0 Å². The second-order valence-corrected chi connectivity index (χ2v) is 7.01. The van der Waals surface area contributed by atoms with Crippen molar-refractivity contribution in [3.05, 3.63) is 0 Å². The number of nitrogens with zero attached hydrogens (tertiary/aromatic N) is 2. The smallest absolute Gasteiger partial charge is 0.401 e. The number of ether oxygens (including phenoxy) is 2. The number of hydrogen-bond acceptors (Lipinski definition) is 4. The Labute approximate surface area is 180 Å². The van der Waals surface area contributed by atoms with E-state index in [-0.39, 0.29) is 32.1 Å². The lowest BCUT2D eigenvalue weighted by Crippen LogP contribution is -2.58. The maximum Gasteiger partial charge on any atom is 0.438 e. The molecule has 0 amide bonds. The summed E-state index contributed by atoms with van der Waals surface area (Å²) in [6.45, 7) is 0. The summed E-state index contributed by atoms with van der Waals surface area (Å²) in [5, 5.41) is 16.4. The van der Waals surface area contributed by atoms with E-state index in [9.17, 15) is 52.7 Å². The van der Waals surface area contributed by atoms with E-state index < -0.39 is 61.6 Å². The number of nitriles is 2. The van der Waals surface area contributed by atoms with Gasteiger partial charge in [0.2, 0.25) is 0 Å². The molecular formula is C17H18F12N2O2. The van der Waals surface area contributed by atoms with Crippen molar-refractivity contribution in [2.45, 2.75) is 93.7 Å². The zero-order valence-electron chi connectivity index (χ0n) is 16.6. The lowest BCUT2D eigenvalue weighted by Gasteiger charge is -2.34. The minimum absolute atomic E-state index is 0.0245. The van der Waals surface area contributed by atoms with Gasteiger partial charge >= 0.3 is 35.9 Å². The predicted octanol–water partition coefficient (Wildman–Crippen LogP) is 7.22. The highest BCUT2D eigenvalue weighted by atomic mass is 19.4. The minimum atomic E-state index is -5.92. The summed E-state index contributed by atoms with van der Waals surface area (Å²) in [6.07, 6.45) is -27.6. The Morgan fingerprint density at radius 1 is 0.424 bits per heavy atom. The number of hydrogen-bond donors (Lipinski definition) is 0. The summed E-state index contributed by atoms with van der Waals surface area (Å²) < 4.78 is 162. The van der Waals surface area contributed by atoms with Crippen LogP contribution < -0.4 is 0 Å². The Hall–Kier alpha value is -2.26. The van der Waals surface area contributed by atoms with Crippen LogP contribution in [0.2, 0.25) is 0 Å². The zero-order chi connectivity index (χ0) is 26.2. The van der Waals surface area contributed by atoms with Gasteiger partial charge in [0.15, 0.2) is 0 Å². The van der Waals surface area contributed by atoms with Gasteiger partial charge in [-0.2, -0.15) is 63.2 Å². The Morgan fingerprint density at radius 3 is 0.818 bits per heavy atom. The third-order valence-electron chi connectivity index (χ3n) is 4.83. The van der Waals surface area contributed by atoms with Crippen LogP contribution in [0, 0.1) is 23.0 Å². The molecule has 0 radical (unpaired) electrons. The van der Waals surface area contributed by atoms with Gasteiger partial charge in [-0.25, -0.2) is 0 Å². The average Bonchev–Trinajstić information content (AvgIpc) is 2.60. The molecule has 0 aromatic heterocycles. The Morgan fingerprint density at radius 2 is 0.636 bits per heavy atom. The molecule has 192 valence electrons. The summed E-state index contributed by atoms with van der Waals surface area (Å²) in [6, 6.07) is 0. The first-order valence-corrected chi connectivity index (χ1v) is 9.24. The summed E-state index contributed by atoms with van der Waals surface area (Å²) in [7, 11) is 0. The monoisotopic (exact) mass is 510 g/mol. The number of alkyl halides is 12. The molecule has 0 atom stereocenters. The SMILES string of the molecule is N#COC(CCCCCCCCCC(OC#N)(C(F)(F)F)C(F)(F)F)(C(F)(F)F)C(F)(F)F. The highest BCUT2D eigenvalue weighted by molar-refractivity contribution is 4.98. The third-order valence-corrected chi connectivity index (χ3v) is 4.83. The van der Waals surface area contributed by atoms with E-state index in [0.717, 1.165) is 0 Å². The van der Waals surface area contributed by atoms with Crippen LogP contribution in [0.4, 0.5) is 52.7 Å². The molecular weight excluding hydrogens is 492 g/mol. The summed E-state index contributed by atoms with van der Waals surface area (Å²) in [4.78, 5) is 0. The van der Waals surface area contributed by atoms with E-state index in [4.69, 9.17) is 10.5 Å². The molecule has 0 aromatic carbocycles. The molecule has 0 heterocycles. The van der Waals surface area contributed by atoms with Crippen LogP contribution in [0.15, 0.2) is 0 Å². The van der Waals surface area contributed by atoms with E-state index in [1.165, 1.54) is 0 Å². The van der Waals surface area contributed by atoms with Crippen molar-refractivity contribution in [3.63, 3.8) is 0 Å². The van der Waals surface area contributed by atoms with Crippen molar-refractivity contribution < 1.29 is 62.2 Å². The van der Waals surface area contributed by atoms with Crippen molar-refractivity contribution in [1.82, 2.24) is 0 Å². The van der Waals surface area contributed by atoms with Gasteiger partial charge in [0, 0.05) is 12.8 Å². The van der Waals surface area contributed by atoms with Crippen LogP contribution in [0.1, 0.15) is 57.8 Å². The summed E-state index contributed by atoms with van der Waals surface area (Å²) in [5.41, 5.74) is -9.35. The van der Waals surface area contributed by atoms with Gasteiger partial charge in [-0.1, -0.05) is 32.1 Å². The van der Waals surface area contributed by atoms with Crippen LogP contribution >= 0.6 is 0 Å². The molecule has 0 fully saturated rings. The van der Waals surface area contributed by atoms with Crippen LogP contribution in [0.3, 0.4) is 0 Å². The van der Waals surface area contributed by atoms with Crippen LogP contribution in [0.25, 0.3) is 0 Å². The minimum Gasteiger partial charge on any atom is -0.401 e. The van der Waals surface area contributed by atoms with Gasteiger partial charge in [-0.05, 0) is 12.8 Å². The van der Waals surface area contributed by atoms with Crippen molar-refractivity contribution >= 4 is 0 Å². The van der Waals surface area contributed by atoms with Crippen molar-refractivity contribution in [1.29, 1.82) is 10.5 Å². The molecule has 4 nitrogen and oxygen atoms in total. The van der Waals surface area contributed by atoms with E-state index in [0.29, 0.717) is 12.5 Å². The molecule has 33 heavy (non-hydrogen) atoms. The summed E-state index contributed by atoms with van der Waals surface area (Å²) in [5.74, 6) is 0. The molecule has 0 aliphatic carbocycles. The van der Waals surface area contributed by atoms with Crippen LogP contribution in [-0.2, 0) is 9.47 Å². The standard InChI is InChI=1S/C17H18F12N2O2/c18-14(19,20)12(32-10-30,15(21,22)23)8-6-4-2-1-3-5-7-9-13(33-11-31,16(24,25)26)17(27,28)29/h1-9H2.